The number of aliphatic hydroxyl groups excluding tert-OH is 1. The highest BCUT2D eigenvalue weighted by Crippen LogP contribution is 2.23. The molecule has 3 heteroatoms. The van der Waals surface area contributed by atoms with Gasteiger partial charge in [-0.15, -0.1) is 0 Å². The summed E-state index contributed by atoms with van der Waals surface area (Å²) in [6, 6.07) is 5.22. The van der Waals surface area contributed by atoms with E-state index in [1.165, 1.54) is 6.07 Å². The highest BCUT2D eigenvalue weighted by Gasteiger charge is 2.18. The minimum Gasteiger partial charge on any atom is -0.393 e. The molecule has 0 amide bonds. The van der Waals surface area contributed by atoms with E-state index in [1.807, 2.05) is 13.0 Å². The number of rotatable bonds is 4. The molecule has 18 heavy (non-hydrogen) atoms. The molecule has 1 aliphatic carbocycles. The molecule has 0 aromatic heterocycles. The number of aryl methyl sites for hydroxylation is 1. The van der Waals surface area contributed by atoms with Gasteiger partial charge in [0.05, 0.1) is 6.10 Å². The number of benzene rings is 1. The van der Waals surface area contributed by atoms with Crippen molar-refractivity contribution in [3.8, 4) is 0 Å². The summed E-state index contributed by atoms with van der Waals surface area (Å²) in [6.45, 7) is 3.48. The van der Waals surface area contributed by atoms with Crippen molar-refractivity contribution in [2.24, 2.45) is 5.92 Å². The molecule has 0 heterocycles. The molecule has 1 saturated carbocycles. The van der Waals surface area contributed by atoms with Crippen LogP contribution in [0.3, 0.4) is 0 Å². The SMILES string of the molecule is Cc1ccc(F)c(CNCC2CCC(O)CC2)c1. The largest absolute Gasteiger partial charge is 0.393 e. The third kappa shape index (κ3) is 3.79. The first kappa shape index (κ1) is 13.5. The Bertz CT molecular complexity index is 386. The zero-order valence-corrected chi connectivity index (χ0v) is 11.0. The fourth-order valence-corrected chi connectivity index (χ4v) is 2.60. The highest BCUT2D eigenvalue weighted by atomic mass is 19.1. The van der Waals surface area contributed by atoms with E-state index < -0.39 is 0 Å². The quantitative estimate of drug-likeness (QED) is 0.862. The lowest BCUT2D eigenvalue weighted by atomic mass is 9.87. The predicted octanol–water partition coefficient (Wildman–Crippen LogP) is 2.77. The van der Waals surface area contributed by atoms with Gasteiger partial charge in [-0.05, 0) is 51.1 Å². The second-order valence-electron chi connectivity index (χ2n) is 5.40. The summed E-state index contributed by atoms with van der Waals surface area (Å²) in [4.78, 5) is 0. The molecule has 1 fully saturated rings. The summed E-state index contributed by atoms with van der Waals surface area (Å²) in [7, 11) is 0. The topological polar surface area (TPSA) is 32.3 Å². The fraction of sp³-hybridized carbons (Fsp3) is 0.600. The van der Waals surface area contributed by atoms with E-state index in [0.29, 0.717) is 12.5 Å². The Morgan fingerprint density at radius 2 is 2.00 bits per heavy atom. The van der Waals surface area contributed by atoms with Crippen LogP contribution in [-0.4, -0.2) is 17.8 Å². The summed E-state index contributed by atoms with van der Waals surface area (Å²) in [6.07, 6.45) is 3.86. The maximum Gasteiger partial charge on any atom is 0.127 e. The molecule has 1 aliphatic rings. The molecular weight excluding hydrogens is 229 g/mol. The zero-order valence-electron chi connectivity index (χ0n) is 11.0. The fourth-order valence-electron chi connectivity index (χ4n) is 2.60. The van der Waals surface area contributed by atoms with Gasteiger partial charge in [-0.3, -0.25) is 0 Å². The van der Waals surface area contributed by atoms with E-state index in [4.69, 9.17) is 0 Å². The molecule has 0 radical (unpaired) electrons. The van der Waals surface area contributed by atoms with E-state index in [-0.39, 0.29) is 11.9 Å². The van der Waals surface area contributed by atoms with Gasteiger partial charge in [-0.1, -0.05) is 17.7 Å². The van der Waals surface area contributed by atoms with Crippen LogP contribution in [0, 0.1) is 18.7 Å². The second-order valence-corrected chi connectivity index (χ2v) is 5.40. The molecule has 0 bridgehead atoms. The van der Waals surface area contributed by atoms with Crippen LogP contribution < -0.4 is 5.32 Å². The van der Waals surface area contributed by atoms with Crippen molar-refractivity contribution in [1.82, 2.24) is 5.32 Å². The molecule has 1 aromatic rings. The first-order chi connectivity index (χ1) is 8.65. The Balaban J connectivity index is 1.76. The average molecular weight is 251 g/mol. The highest BCUT2D eigenvalue weighted by molar-refractivity contribution is 5.23. The molecule has 0 unspecified atom stereocenters. The standard InChI is InChI=1S/C15H22FNO/c1-11-2-7-15(16)13(8-11)10-17-9-12-3-5-14(18)6-4-12/h2,7-8,12,14,17-18H,3-6,9-10H2,1H3. The zero-order chi connectivity index (χ0) is 13.0. The first-order valence-electron chi connectivity index (χ1n) is 6.79. The van der Waals surface area contributed by atoms with Gasteiger partial charge in [0.25, 0.3) is 0 Å². The molecule has 2 nitrogen and oxygen atoms in total. The molecule has 0 saturated heterocycles. The van der Waals surface area contributed by atoms with Crippen molar-refractivity contribution < 1.29 is 9.50 Å². The van der Waals surface area contributed by atoms with E-state index in [2.05, 4.69) is 5.32 Å². The van der Waals surface area contributed by atoms with E-state index in [9.17, 15) is 9.50 Å². The first-order valence-corrected chi connectivity index (χ1v) is 6.79. The molecule has 1 aromatic carbocycles. The average Bonchev–Trinajstić information content (AvgIpc) is 2.36. The number of hydrogen-bond acceptors (Lipinski definition) is 2. The molecule has 0 atom stereocenters. The van der Waals surface area contributed by atoms with Gasteiger partial charge >= 0.3 is 0 Å². The van der Waals surface area contributed by atoms with Crippen LogP contribution in [0.2, 0.25) is 0 Å². The van der Waals surface area contributed by atoms with Gasteiger partial charge in [0.15, 0.2) is 0 Å². The van der Waals surface area contributed by atoms with Crippen LogP contribution in [0.4, 0.5) is 4.39 Å². The number of aliphatic hydroxyl groups is 1. The van der Waals surface area contributed by atoms with Crippen LogP contribution in [0.1, 0.15) is 36.8 Å². The summed E-state index contributed by atoms with van der Waals surface area (Å²) in [5.41, 5.74) is 1.83. The smallest absolute Gasteiger partial charge is 0.127 e. The molecule has 2 N–H and O–H groups in total. The Kier molecular flexibility index (Phi) is 4.72. The van der Waals surface area contributed by atoms with Gasteiger partial charge in [-0.25, -0.2) is 4.39 Å². The molecule has 2 rings (SSSR count). The second kappa shape index (κ2) is 6.30. The van der Waals surface area contributed by atoms with E-state index in [1.54, 1.807) is 6.07 Å². The van der Waals surface area contributed by atoms with Crippen molar-refractivity contribution in [3.05, 3.63) is 35.1 Å². The lowest BCUT2D eigenvalue weighted by molar-refractivity contribution is 0.108. The number of hydrogen-bond donors (Lipinski definition) is 2. The van der Waals surface area contributed by atoms with Gasteiger partial charge in [0.2, 0.25) is 0 Å². The monoisotopic (exact) mass is 251 g/mol. The maximum absolute atomic E-state index is 13.5. The Morgan fingerprint density at radius 1 is 1.28 bits per heavy atom. The van der Waals surface area contributed by atoms with Gasteiger partial charge < -0.3 is 10.4 Å². The maximum atomic E-state index is 13.5. The van der Waals surface area contributed by atoms with Crippen molar-refractivity contribution >= 4 is 0 Å². The summed E-state index contributed by atoms with van der Waals surface area (Å²) >= 11 is 0. The Labute approximate surface area is 108 Å². The molecular formula is C15H22FNO. The third-order valence-electron chi connectivity index (χ3n) is 3.77. The Hall–Kier alpha value is -0.930. The van der Waals surface area contributed by atoms with Crippen LogP contribution in [0.25, 0.3) is 0 Å². The van der Waals surface area contributed by atoms with Crippen molar-refractivity contribution in [2.45, 2.75) is 45.3 Å². The van der Waals surface area contributed by atoms with Crippen LogP contribution in [-0.2, 0) is 6.54 Å². The van der Waals surface area contributed by atoms with Gasteiger partial charge in [0.1, 0.15) is 5.82 Å². The number of halogens is 1. The predicted molar refractivity (Wildman–Crippen MR) is 70.8 cm³/mol. The molecule has 100 valence electrons. The van der Waals surface area contributed by atoms with Crippen molar-refractivity contribution in [2.75, 3.05) is 6.54 Å². The third-order valence-corrected chi connectivity index (χ3v) is 3.77. The molecule has 0 spiro atoms. The Morgan fingerprint density at radius 3 is 2.72 bits per heavy atom. The minimum atomic E-state index is -0.132. The summed E-state index contributed by atoms with van der Waals surface area (Å²) in [5, 5.41) is 12.8. The number of nitrogens with one attached hydrogen (secondary N) is 1. The minimum absolute atomic E-state index is 0.101. The van der Waals surface area contributed by atoms with Crippen LogP contribution in [0.15, 0.2) is 18.2 Å². The molecule has 0 aliphatic heterocycles. The van der Waals surface area contributed by atoms with Crippen LogP contribution >= 0.6 is 0 Å². The van der Waals surface area contributed by atoms with E-state index >= 15 is 0 Å². The van der Waals surface area contributed by atoms with Crippen LogP contribution in [0.5, 0.6) is 0 Å². The summed E-state index contributed by atoms with van der Waals surface area (Å²) < 4.78 is 13.5. The normalized spacial score (nSPS) is 24.2. The van der Waals surface area contributed by atoms with Gasteiger partial charge in [0, 0.05) is 12.1 Å². The summed E-state index contributed by atoms with van der Waals surface area (Å²) in [5.74, 6) is 0.494. The van der Waals surface area contributed by atoms with Gasteiger partial charge in [-0.2, -0.15) is 0 Å². The lowest BCUT2D eigenvalue weighted by Gasteiger charge is -2.25. The van der Waals surface area contributed by atoms with Crippen molar-refractivity contribution in [1.29, 1.82) is 0 Å². The van der Waals surface area contributed by atoms with E-state index in [0.717, 1.165) is 43.4 Å². The lowest BCUT2D eigenvalue weighted by Crippen LogP contribution is -2.27. The van der Waals surface area contributed by atoms with Crippen molar-refractivity contribution in [3.63, 3.8) is 0 Å².